The molecule has 1 amide bonds. The second-order valence-electron chi connectivity index (χ2n) is 7.58. The number of halogens is 1. The van der Waals surface area contributed by atoms with E-state index in [9.17, 15) is 4.79 Å². The molecule has 7 heteroatoms. The molecule has 2 aromatic carbocycles. The van der Waals surface area contributed by atoms with Crippen molar-refractivity contribution in [3.8, 4) is 22.8 Å². The van der Waals surface area contributed by atoms with Crippen LogP contribution in [0.5, 0.6) is 11.5 Å². The number of aromatic nitrogens is 1. The van der Waals surface area contributed by atoms with Gasteiger partial charge in [-0.25, -0.2) is 4.98 Å². The second-order valence-corrected chi connectivity index (χ2v) is 9.22. The van der Waals surface area contributed by atoms with Crippen LogP contribution in [0.2, 0.25) is 5.02 Å². The lowest BCUT2D eigenvalue weighted by Crippen LogP contribution is -2.07. The molecule has 1 N–H and O–H groups in total. The summed E-state index contributed by atoms with van der Waals surface area (Å²) in [5.74, 6) is 1.11. The molecule has 1 aromatic heterocycles. The zero-order chi connectivity index (χ0) is 23.6. The summed E-state index contributed by atoms with van der Waals surface area (Å²) in [5, 5.41) is 4.03. The third-order valence-corrected chi connectivity index (χ3v) is 6.12. The Morgan fingerprint density at radius 1 is 1.15 bits per heavy atom. The molecule has 5 nitrogen and oxygen atoms in total. The van der Waals surface area contributed by atoms with Gasteiger partial charge in [0.15, 0.2) is 16.6 Å². The van der Waals surface area contributed by atoms with Gasteiger partial charge in [-0.3, -0.25) is 10.1 Å². The van der Waals surface area contributed by atoms with Gasteiger partial charge in [-0.05, 0) is 49.2 Å². The van der Waals surface area contributed by atoms with Crippen LogP contribution in [0.15, 0.2) is 48.5 Å². The summed E-state index contributed by atoms with van der Waals surface area (Å²) < 4.78 is 11.3. The molecule has 1 heterocycles. The molecular weight excluding hydrogens is 456 g/mol. The third kappa shape index (κ3) is 7.34. The van der Waals surface area contributed by atoms with Gasteiger partial charge >= 0.3 is 0 Å². The molecular formula is C26H29ClN2O3S. The predicted octanol–water partition coefficient (Wildman–Crippen LogP) is 7.39. The number of nitrogens with one attached hydrogen (secondary N) is 1. The number of hydrogen-bond donors (Lipinski definition) is 1. The lowest BCUT2D eigenvalue weighted by molar-refractivity contribution is -0.111. The van der Waals surface area contributed by atoms with Crippen molar-refractivity contribution in [2.24, 2.45) is 0 Å². The number of nitrogens with zero attached hydrogens (tertiary/aromatic N) is 1. The Morgan fingerprint density at radius 2 is 2.00 bits per heavy atom. The maximum Gasteiger partial charge on any atom is 0.250 e. The van der Waals surface area contributed by atoms with E-state index in [2.05, 4.69) is 17.2 Å². The summed E-state index contributed by atoms with van der Waals surface area (Å²) in [6, 6.07) is 13.1. The van der Waals surface area contributed by atoms with Crippen molar-refractivity contribution in [1.82, 2.24) is 4.98 Å². The molecule has 0 atom stereocenters. The average Bonchev–Trinajstić information content (AvgIpc) is 3.17. The van der Waals surface area contributed by atoms with Gasteiger partial charge in [0, 0.05) is 21.5 Å². The third-order valence-electron chi connectivity index (χ3n) is 5.00. The number of rotatable bonds is 11. The van der Waals surface area contributed by atoms with Gasteiger partial charge in [-0.2, -0.15) is 0 Å². The van der Waals surface area contributed by atoms with Crippen LogP contribution in [0, 0.1) is 6.92 Å². The Kier molecular flexibility index (Phi) is 9.34. The van der Waals surface area contributed by atoms with E-state index in [1.807, 2.05) is 49.4 Å². The topological polar surface area (TPSA) is 60.5 Å². The lowest BCUT2D eigenvalue weighted by atomic mass is 10.1. The molecule has 0 aliphatic heterocycles. The van der Waals surface area contributed by atoms with E-state index in [-0.39, 0.29) is 5.91 Å². The summed E-state index contributed by atoms with van der Waals surface area (Å²) in [6.45, 7) is 4.82. The molecule has 0 aliphatic carbocycles. The molecule has 3 aromatic rings. The number of thiazole rings is 1. The van der Waals surface area contributed by atoms with E-state index in [4.69, 9.17) is 21.1 Å². The maximum atomic E-state index is 12.4. The van der Waals surface area contributed by atoms with Crippen LogP contribution in [0.25, 0.3) is 17.3 Å². The van der Waals surface area contributed by atoms with Crippen molar-refractivity contribution in [3.05, 3.63) is 64.0 Å². The maximum absolute atomic E-state index is 12.4. The fourth-order valence-corrected chi connectivity index (χ4v) is 4.32. The fraction of sp³-hybridized carbons (Fsp3) is 0.308. The highest BCUT2D eigenvalue weighted by Crippen LogP contribution is 2.32. The highest BCUT2D eigenvalue weighted by Gasteiger charge is 2.12. The van der Waals surface area contributed by atoms with E-state index in [1.165, 1.54) is 30.3 Å². The Bertz CT molecular complexity index is 1110. The molecule has 0 radical (unpaired) electrons. The van der Waals surface area contributed by atoms with Crippen LogP contribution < -0.4 is 14.8 Å². The molecule has 0 saturated heterocycles. The highest BCUT2D eigenvalue weighted by molar-refractivity contribution is 7.16. The number of amides is 1. The molecule has 0 bridgehead atoms. The number of carbonyl (C=O) groups excluding carboxylic acids is 1. The summed E-state index contributed by atoms with van der Waals surface area (Å²) in [5.41, 5.74) is 2.58. The van der Waals surface area contributed by atoms with Crippen molar-refractivity contribution in [1.29, 1.82) is 0 Å². The first kappa shape index (κ1) is 24.8. The zero-order valence-electron chi connectivity index (χ0n) is 19.2. The normalized spacial score (nSPS) is 11.0. The minimum Gasteiger partial charge on any atom is -0.493 e. The number of unbranched alkanes of at least 4 members (excludes halogenated alkanes) is 3. The van der Waals surface area contributed by atoms with Crippen LogP contribution in [0.4, 0.5) is 5.13 Å². The van der Waals surface area contributed by atoms with Crippen molar-refractivity contribution < 1.29 is 14.3 Å². The molecule has 174 valence electrons. The van der Waals surface area contributed by atoms with Crippen LogP contribution in [-0.4, -0.2) is 24.6 Å². The molecule has 33 heavy (non-hydrogen) atoms. The van der Waals surface area contributed by atoms with Gasteiger partial charge < -0.3 is 9.47 Å². The van der Waals surface area contributed by atoms with Gasteiger partial charge in [0.05, 0.1) is 19.4 Å². The SMILES string of the molecule is CCCCCCOc1ccc(C=CC(=O)Nc2nc(-c3cccc(Cl)c3)c(C)s2)cc1OC. The molecule has 3 rings (SSSR count). The summed E-state index contributed by atoms with van der Waals surface area (Å²) >= 11 is 7.52. The van der Waals surface area contributed by atoms with Crippen molar-refractivity contribution in [3.63, 3.8) is 0 Å². The first-order valence-electron chi connectivity index (χ1n) is 11.0. The Hall–Kier alpha value is -2.83. The largest absolute Gasteiger partial charge is 0.493 e. The molecule has 0 fully saturated rings. The molecule has 0 spiro atoms. The number of ether oxygens (including phenoxy) is 2. The van der Waals surface area contributed by atoms with Crippen LogP contribution in [0.3, 0.4) is 0 Å². The van der Waals surface area contributed by atoms with Crippen LogP contribution in [-0.2, 0) is 4.79 Å². The summed E-state index contributed by atoms with van der Waals surface area (Å²) in [4.78, 5) is 18.0. The number of aryl methyl sites for hydroxylation is 1. The summed E-state index contributed by atoms with van der Waals surface area (Å²) in [6.07, 6.45) is 7.82. The molecule has 0 saturated carbocycles. The number of carbonyl (C=O) groups is 1. The van der Waals surface area contributed by atoms with Gasteiger partial charge in [0.25, 0.3) is 0 Å². The smallest absolute Gasteiger partial charge is 0.250 e. The summed E-state index contributed by atoms with van der Waals surface area (Å²) in [7, 11) is 1.61. The number of methoxy groups -OCH3 is 1. The number of hydrogen-bond acceptors (Lipinski definition) is 5. The first-order valence-corrected chi connectivity index (χ1v) is 12.2. The Labute approximate surface area is 204 Å². The van der Waals surface area contributed by atoms with E-state index >= 15 is 0 Å². The predicted molar refractivity (Wildman–Crippen MR) is 138 cm³/mol. The van der Waals surface area contributed by atoms with Gasteiger partial charge in [-0.1, -0.05) is 56.0 Å². The van der Waals surface area contributed by atoms with Gasteiger partial charge in [-0.15, -0.1) is 11.3 Å². The Morgan fingerprint density at radius 3 is 2.76 bits per heavy atom. The van der Waals surface area contributed by atoms with E-state index < -0.39 is 0 Å². The fourth-order valence-electron chi connectivity index (χ4n) is 3.29. The standard InChI is InChI=1S/C26H29ClN2O3S/c1-4-5-6-7-15-32-22-13-11-19(16-23(22)31-3)12-14-24(30)28-26-29-25(18(2)33-26)20-9-8-10-21(27)17-20/h8-14,16-17H,4-7,15H2,1-3H3,(H,28,29,30). The van der Waals surface area contributed by atoms with Crippen molar-refractivity contribution in [2.75, 3.05) is 19.0 Å². The second kappa shape index (κ2) is 12.4. The van der Waals surface area contributed by atoms with Crippen molar-refractivity contribution in [2.45, 2.75) is 39.5 Å². The first-order chi connectivity index (χ1) is 16.0. The molecule has 0 unspecified atom stereocenters. The number of benzene rings is 2. The van der Waals surface area contributed by atoms with E-state index in [0.717, 1.165) is 34.5 Å². The lowest BCUT2D eigenvalue weighted by Gasteiger charge is -2.11. The van der Waals surface area contributed by atoms with Gasteiger partial charge in [0.2, 0.25) is 5.91 Å². The molecule has 0 aliphatic rings. The van der Waals surface area contributed by atoms with Crippen LogP contribution >= 0.6 is 22.9 Å². The van der Waals surface area contributed by atoms with E-state index in [1.54, 1.807) is 13.2 Å². The Balaban J connectivity index is 1.61. The van der Waals surface area contributed by atoms with E-state index in [0.29, 0.717) is 28.3 Å². The average molecular weight is 485 g/mol. The van der Waals surface area contributed by atoms with Gasteiger partial charge in [0.1, 0.15) is 0 Å². The monoisotopic (exact) mass is 484 g/mol. The highest BCUT2D eigenvalue weighted by atomic mass is 35.5. The zero-order valence-corrected chi connectivity index (χ0v) is 20.8. The minimum absolute atomic E-state index is 0.253. The quantitative estimate of drug-likeness (QED) is 0.227. The van der Waals surface area contributed by atoms with Crippen LogP contribution in [0.1, 0.15) is 43.0 Å². The van der Waals surface area contributed by atoms with Crippen molar-refractivity contribution >= 4 is 40.1 Å². The number of anilines is 1. The minimum atomic E-state index is -0.253.